The predicted octanol–water partition coefficient (Wildman–Crippen LogP) is -0.00850. The number of hydrogen-bond acceptors (Lipinski definition) is 8. The van der Waals surface area contributed by atoms with Crippen LogP contribution in [-0.4, -0.2) is 90.0 Å². The number of likely N-dealkylation sites (tertiary alicyclic amines) is 1. The molecule has 38 heavy (non-hydrogen) atoms. The maximum Gasteiger partial charge on any atom is 0.408 e. The summed E-state index contributed by atoms with van der Waals surface area (Å²) in [5.74, 6) is -1.76. The molecule has 0 radical (unpaired) electrons. The topological polar surface area (TPSA) is 191 Å². The SMILES string of the molecule is CC(C)C[C@H](NC(=O)OC1CC2(C1)CN(C(=O)C(C)C)C2)C(=O)N[C@@H](C[C@H]1CCNC1=O)C(O)S(=O)(=O)O. The molecular formula is C24H40N4O9S. The van der Waals surface area contributed by atoms with Crippen molar-refractivity contribution in [1.29, 1.82) is 0 Å². The van der Waals surface area contributed by atoms with Gasteiger partial charge in [-0.1, -0.05) is 27.7 Å². The van der Waals surface area contributed by atoms with E-state index in [2.05, 4.69) is 16.0 Å². The minimum atomic E-state index is -4.94. The largest absolute Gasteiger partial charge is 0.446 e. The van der Waals surface area contributed by atoms with Gasteiger partial charge in [-0.2, -0.15) is 8.42 Å². The lowest BCUT2D eigenvalue weighted by Crippen LogP contribution is -2.66. The Morgan fingerprint density at radius 1 is 1.16 bits per heavy atom. The first kappa shape index (κ1) is 30.1. The molecule has 1 saturated carbocycles. The average Bonchev–Trinajstić information content (AvgIpc) is 3.15. The molecule has 2 saturated heterocycles. The van der Waals surface area contributed by atoms with Gasteiger partial charge in [-0.3, -0.25) is 18.9 Å². The average molecular weight is 561 g/mol. The fourth-order valence-corrected chi connectivity index (χ4v) is 6.07. The van der Waals surface area contributed by atoms with Crippen LogP contribution in [0.15, 0.2) is 0 Å². The van der Waals surface area contributed by atoms with Crippen molar-refractivity contribution < 1.29 is 42.0 Å². The Hall–Kier alpha value is -2.45. The van der Waals surface area contributed by atoms with Crippen LogP contribution in [0.25, 0.3) is 0 Å². The molecule has 3 aliphatic rings. The second-order valence-corrected chi connectivity index (χ2v) is 13.2. The molecule has 0 aromatic rings. The highest BCUT2D eigenvalue weighted by Crippen LogP contribution is 2.49. The van der Waals surface area contributed by atoms with Crippen LogP contribution >= 0.6 is 0 Å². The summed E-state index contributed by atoms with van der Waals surface area (Å²) in [6.07, 6.45) is 0.463. The molecule has 5 N–H and O–H groups in total. The van der Waals surface area contributed by atoms with Crippen molar-refractivity contribution in [2.24, 2.45) is 23.2 Å². The maximum absolute atomic E-state index is 13.1. The highest BCUT2D eigenvalue weighted by Gasteiger charge is 2.55. The van der Waals surface area contributed by atoms with Gasteiger partial charge in [-0.05, 0) is 38.0 Å². The Kier molecular flexibility index (Phi) is 9.30. The summed E-state index contributed by atoms with van der Waals surface area (Å²) in [6.45, 7) is 9.02. The molecule has 4 amide bonds. The first-order chi connectivity index (χ1) is 17.6. The normalized spacial score (nSPS) is 23.3. The molecule has 0 aromatic carbocycles. The number of nitrogens with one attached hydrogen (secondary N) is 3. The highest BCUT2D eigenvalue weighted by atomic mass is 32.2. The van der Waals surface area contributed by atoms with Gasteiger partial charge in [0.05, 0.1) is 6.04 Å². The zero-order chi connectivity index (χ0) is 28.4. The van der Waals surface area contributed by atoms with Crippen molar-refractivity contribution in [2.45, 2.75) is 83.4 Å². The smallest absolute Gasteiger partial charge is 0.408 e. The zero-order valence-corrected chi connectivity index (χ0v) is 23.1. The van der Waals surface area contributed by atoms with Crippen LogP contribution < -0.4 is 16.0 Å². The van der Waals surface area contributed by atoms with Gasteiger partial charge in [0.15, 0.2) is 0 Å². The first-order valence-corrected chi connectivity index (χ1v) is 14.6. The molecule has 2 heterocycles. The number of rotatable bonds is 11. The Balaban J connectivity index is 1.56. The van der Waals surface area contributed by atoms with Gasteiger partial charge in [0, 0.05) is 36.9 Å². The van der Waals surface area contributed by atoms with Crippen LogP contribution in [0.3, 0.4) is 0 Å². The molecule has 1 spiro atoms. The minimum Gasteiger partial charge on any atom is -0.446 e. The first-order valence-electron chi connectivity index (χ1n) is 13.1. The number of carbonyl (C=O) groups excluding carboxylic acids is 4. The van der Waals surface area contributed by atoms with Crippen molar-refractivity contribution in [3.63, 3.8) is 0 Å². The van der Waals surface area contributed by atoms with E-state index < -0.39 is 45.6 Å². The number of ether oxygens (including phenoxy) is 1. The van der Waals surface area contributed by atoms with E-state index in [1.807, 2.05) is 27.7 Å². The zero-order valence-electron chi connectivity index (χ0n) is 22.3. The third-order valence-electron chi connectivity index (χ3n) is 7.45. The molecule has 3 rings (SSSR count). The minimum absolute atomic E-state index is 0.0319. The van der Waals surface area contributed by atoms with Crippen LogP contribution in [0.5, 0.6) is 0 Å². The molecule has 216 valence electrons. The summed E-state index contributed by atoms with van der Waals surface area (Å²) >= 11 is 0. The van der Waals surface area contributed by atoms with E-state index in [-0.39, 0.29) is 48.0 Å². The van der Waals surface area contributed by atoms with Crippen molar-refractivity contribution >= 4 is 33.9 Å². The summed E-state index contributed by atoms with van der Waals surface area (Å²) in [5.41, 5.74) is -2.38. The van der Waals surface area contributed by atoms with Gasteiger partial charge >= 0.3 is 6.09 Å². The number of hydrogen-bond donors (Lipinski definition) is 5. The standard InChI is InChI=1S/C24H40N4O9S/c1-13(2)7-17(20(30)26-18(22(32)38(34,35)36)8-15-5-6-25-19(15)29)27-23(33)37-16-9-24(10-16)11-28(12-24)21(31)14(3)4/h13-18,22,32H,5-12H2,1-4H3,(H,25,29)(H,26,30)(H,27,33)(H,34,35,36)/t15-,17+,18+,22?/m1/s1. The third kappa shape index (κ3) is 7.35. The molecule has 2 aliphatic heterocycles. The number of alkyl carbamates (subject to hydrolysis) is 1. The lowest BCUT2D eigenvalue weighted by molar-refractivity contribution is -0.166. The van der Waals surface area contributed by atoms with Crippen LogP contribution in [0.2, 0.25) is 0 Å². The van der Waals surface area contributed by atoms with E-state index in [0.29, 0.717) is 38.9 Å². The van der Waals surface area contributed by atoms with Crippen molar-refractivity contribution in [1.82, 2.24) is 20.9 Å². The van der Waals surface area contributed by atoms with Crippen LogP contribution in [0.1, 0.15) is 59.8 Å². The van der Waals surface area contributed by atoms with Gasteiger partial charge in [0.2, 0.25) is 23.2 Å². The second-order valence-electron chi connectivity index (χ2n) is 11.6. The quantitative estimate of drug-likeness (QED) is 0.216. The number of carbonyl (C=O) groups is 4. The van der Waals surface area contributed by atoms with Gasteiger partial charge in [0.1, 0.15) is 12.1 Å². The van der Waals surface area contributed by atoms with E-state index in [9.17, 15) is 37.3 Å². The van der Waals surface area contributed by atoms with Gasteiger partial charge < -0.3 is 30.7 Å². The molecule has 1 aliphatic carbocycles. The monoisotopic (exact) mass is 560 g/mol. The lowest BCUT2D eigenvalue weighted by atomic mass is 9.61. The van der Waals surface area contributed by atoms with E-state index in [1.165, 1.54) is 0 Å². The maximum atomic E-state index is 13.1. The Morgan fingerprint density at radius 3 is 2.29 bits per heavy atom. The van der Waals surface area contributed by atoms with Gasteiger partial charge in [-0.15, -0.1) is 0 Å². The van der Waals surface area contributed by atoms with E-state index in [1.54, 1.807) is 4.90 Å². The molecule has 1 unspecified atom stereocenters. The number of amides is 4. The third-order valence-corrected chi connectivity index (χ3v) is 8.39. The van der Waals surface area contributed by atoms with Crippen molar-refractivity contribution in [2.75, 3.05) is 19.6 Å². The Morgan fingerprint density at radius 2 is 1.79 bits per heavy atom. The Bertz CT molecular complexity index is 1020. The number of aliphatic hydroxyl groups is 1. The van der Waals surface area contributed by atoms with Crippen LogP contribution in [0, 0.1) is 23.2 Å². The lowest BCUT2D eigenvalue weighted by Gasteiger charge is -2.58. The summed E-state index contributed by atoms with van der Waals surface area (Å²) in [7, 11) is -4.94. The summed E-state index contributed by atoms with van der Waals surface area (Å²) < 4.78 is 38.1. The molecule has 4 atom stereocenters. The van der Waals surface area contributed by atoms with Gasteiger partial charge in [-0.25, -0.2) is 4.79 Å². The summed E-state index contributed by atoms with van der Waals surface area (Å²) in [4.78, 5) is 51.5. The molecule has 3 fully saturated rings. The van der Waals surface area contributed by atoms with Crippen LogP contribution in [0.4, 0.5) is 4.79 Å². The van der Waals surface area contributed by atoms with Crippen LogP contribution in [-0.2, 0) is 29.2 Å². The fourth-order valence-electron chi connectivity index (χ4n) is 5.48. The number of aliphatic hydroxyl groups excluding tert-OH is 1. The Labute approximate surface area is 223 Å². The van der Waals surface area contributed by atoms with E-state index in [0.717, 1.165) is 0 Å². The summed E-state index contributed by atoms with van der Waals surface area (Å²) in [6, 6.07) is -2.58. The molecule has 0 bridgehead atoms. The van der Waals surface area contributed by atoms with E-state index in [4.69, 9.17) is 4.74 Å². The molecule has 0 aromatic heterocycles. The summed E-state index contributed by atoms with van der Waals surface area (Å²) in [5, 5.41) is 17.7. The number of nitrogens with zero attached hydrogens (tertiary/aromatic N) is 1. The highest BCUT2D eigenvalue weighted by molar-refractivity contribution is 7.86. The van der Waals surface area contributed by atoms with Crippen molar-refractivity contribution in [3.8, 4) is 0 Å². The predicted molar refractivity (Wildman–Crippen MR) is 135 cm³/mol. The van der Waals surface area contributed by atoms with Crippen molar-refractivity contribution in [3.05, 3.63) is 0 Å². The molecular weight excluding hydrogens is 520 g/mol. The van der Waals surface area contributed by atoms with E-state index >= 15 is 0 Å². The van der Waals surface area contributed by atoms with Gasteiger partial charge in [0.25, 0.3) is 10.1 Å². The second kappa shape index (κ2) is 11.7. The molecule has 13 nitrogen and oxygen atoms in total. The fraction of sp³-hybridized carbons (Fsp3) is 0.833. The molecule has 14 heteroatoms.